The molecule has 1 fully saturated rings. The molecule has 1 aliphatic carbocycles. The molecule has 0 bridgehead atoms. The summed E-state index contributed by atoms with van der Waals surface area (Å²) in [6.07, 6.45) is 1.49. The standard InChI is InChI=1S/C27H24F2N4O5S/c1-39(37,38)32-20-6-9-22-23(14-20)30-25(24(31-27(35)36)12-15-10-18(28)13-19(29)11-15)33(26(22)34)21-7-4-17(5-8-21)16-2-3-16/h4-11,13-14,16,24,31-32H,2-3,12H2,1H3,(H,35,36)/t24-/m0/s1. The predicted octanol–water partition coefficient (Wildman–Crippen LogP) is 4.46. The lowest BCUT2D eigenvalue weighted by Gasteiger charge is -2.22. The van der Waals surface area contributed by atoms with Crippen molar-refractivity contribution in [3.05, 3.63) is 99.6 Å². The molecule has 4 aromatic rings. The smallest absolute Gasteiger partial charge is 0.405 e. The number of carboxylic acid groups (broad SMARTS) is 1. The number of rotatable bonds is 8. The molecular formula is C27H24F2N4O5S. The first-order valence-corrected chi connectivity index (χ1v) is 14.0. The minimum absolute atomic E-state index is 0.0322. The Morgan fingerprint density at radius 3 is 2.33 bits per heavy atom. The number of hydrogen-bond donors (Lipinski definition) is 3. The number of fused-ring (bicyclic) bond motifs is 1. The van der Waals surface area contributed by atoms with Gasteiger partial charge in [0, 0.05) is 12.5 Å². The third-order valence-corrected chi connectivity index (χ3v) is 6.98. The zero-order chi connectivity index (χ0) is 27.9. The van der Waals surface area contributed by atoms with E-state index in [4.69, 9.17) is 0 Å². The molecule has 1 amide bonds. The summed E-state index contributed by atoms with van der Waals surface area (Å²) in [5.41, 5.74) is 1.43. The van der Waals surface area contributed by atoms with E-state index in [0.29, 0.717) is 17.7 Å². The fraction of sp³-hybridized carbons (Fsp3) is 0.222. The van der Waals surface area contributed by atoms with Gasteiger partial charge in [0.1, 0.15) is 17.5 Å². The summed E-state index contributed by atoms with van der Waals surface area (Å²) in [6.45, 7) is 0. The van der Waals surface area contributed by atoms with Crippen LogP contribution in [0.5, 0.6) is 0 Å². The van der Waals surface area contributed by atoms with Gasteiger partial charge in [0.25, 0.3) is 5.56 Å². The zero-order valence-corrected chi connectivity index (χ0v) is 21.5. The number of halogens is 2. The van der Waals surface area contributed by atoms with E-state index in [-0.39, 0.29) is 34.4 Å². The molecule has 1 atom stereocenters. The average molecular weight is 555 g/mol. The molecule has 12 heteroatoms. The van der Waals surface area contributed by atoms with Crippen molar-refractivity contribution in [2.45, 2.75) is 31.2 Å². The van der Waals surface area contributed by atoms with Crippen LogP contribution in [0.3, 0.4) is 0 Å². The van der Waals surface area contributed by atoms with E-state index in [0.717, 1.165) is 36.8 Å². The summed E-state index contributed by atoms with van der Waals surface area (Å²) in [5, 5.41) is 12.1. The summed E-state index contributed by atoms with van der Waals surface area (Å²) < 4.78 is 55.0. The largest absolute Gasteiger partial charge is 0.465 e. The van der Waals surface area contributed by atoms with Gasteiger partial charge in [0.15, 0.2) is 0 Å². The minimum Gasteiger partial charge on any atom is -0.465 e. The van der Waals surface area contributed by atoms with Crippen LogP contribution in [0.4, 0.5) is 19.3 Å². The lowest BCUT2D eigenvalue weighted by molar-refractivity contribution is 0.189. The lowest BCUT2D eigenvalue weighted by atomic mass is 10.0. The van der Waals surface area contributed by atoms with Crippen molar-refractivity contribution < 1.29 is 27.1 Å². The molecule has 1 saturated carbocycles. The van der Waals surface area contributed by atoms with Gasteiger partial charge in [-0.15, -0.1) is 0 Å². The Bertz CT molecular complexity index is 1730. The number of carbonyl (C=O) groups is 1. The maximum absolute atomic E-state index is 13.9. The highest BCUT2D eigenvalue weighted by Gasteiger charge is 2.26. The van der Waals surface area contributed by atoms with Gasteiger partial charge in [-0.05, 0) is 72.4 Å². The summed E-state index contributed by atoms with van der Waals surface area (Å²) >= 11 is 0. The lowest BCUT2D eigenvalue weighted by Crippen LogP contribution is -2.35. The Kier molecular flexibility index (Phi) is 6.81. The van der Waals surface area contributed by atoms with Crippen molar-refractivity contribution in [3.63, 3.8) is 0 Å². The predicted molar refractivity (Wildman–Crippen MR) is 142 cm³/mol. The Hall–Kier alpha value is -4.32. The van der Waals surface area contributed by atoms with Crippen LogP contribution in [0.1, 0.15) is 41.8 Å². The third-order valence-electron chi connectivity index (χ3n) is 6.37. The highest BCUT2D eigenvalue weighted by atomic mass is 32.2. The molecule has 202 valence electrons. The molecule has 0 saturated heterocycles. The summed E-state index contributed by atoms with van der Waals surface area (Å²) in [5.74, 6) is -1.24. The number of benzene rings is 3. The number of hydrogen-bond acceptors (Lipinski definition) is 5. The Morgan fingerprint density at radius 1 is 1.08 bits per heavy atom. The summed E-state index contributed by atoms with van der Waals surface area (Å²) in [4.78, 5) is 30.2. The molecule has 1 heterocycles. The fourth-order valence-electron chi connectivity index (χ4n) is 4.60. The monoisotopic (exact) mass is 554 g/mol. The Balaban J connectivity index is 1.71. The van der Waals surface area contributed by atoms with Crippen molar-refractivity contribution >= 4 is 32.7 Å². The van der Waals surface area contributed by atoms with Crippen LogP contribution in [0, 0.1) is 11.6 Å². The molecule has 3 aromatic carbocycles. The zero-order valence-electron chi connectivity index (χ0n) is 20.7. The highest BCUT2D eigenvalue weighted by molar-refractivity contribution is 7.92. The van der Waals surface area contributed by atoms with Gasteiger partial charge in [-0.3, -0.25) is 14.1 Å². The minimum atomic E-state index is -3.63. The molecular weight excluding hydrogens is 530 g/mol. The first-order valence-electron chi connectivity index (χ1n) is 12.1. The van der Waals surface area contributed by atoms with Crippen LogP contribution in [-0.4, -0.2) is 35.4 Å². The topological polar surface area (TPSA) is 130 Å². The first-order chi connectivity index (χ1) is 18.5. The molecule has 9 nitrogen and oxygen atoms in total. The Morgan fingerprint density at radius 2 is 1.74 bits per heavy atom. The molecule has 3 N–H and O–H groups in total. The van der Waals surface area contributed by atoms with Crippen molar-refractivity contribution in [3.8, 4) is 5.69 Å². The van der Waals surface area contributed by atoms with Crippen LogP contribution in [0.25, 0.3) is 16.6 Å². The number of aromatic nitrogens is 2. The van der Waals surface area contributed by atoms with Gasteiger partial charge in [0.2, 0.25) is 10.0 Å². The van der Waals surface area contributed by atoms with Crippen LogP contribution in [-0.2, 0) is 16.4 Å². The van der Waals surface area contributed by atoms with Gasteiger partial charge in [-0.2, -0.15) is 0 Å². The van der Waals surface area contributed by atoms with E-state index in [1.807, 2.05) is 12.1 Å². The van der Waals surface area contributed by atoms with Crippen LogP contribution in [0.15, 0.2) is 65.5 Å². The van der Waals surface area contributed by atoms with Gasteiger partial charge in [-0.1, -0.05) is 12.1 Å². The van der Waals surface area contributed by atoms with E-state index in [1.54, 1.807) is 12.1 Å². The van der Waals surface area contributed by atoms with Crippen LogP contribution < -0.4 is 15.6 Å². The average Bonchev–Trinajstić information content (AvgIpc) is 3.67. The maximum Gasteiger partial charge on any atom is 0.405 e. The number of sulfonamides is 1. The highest BCUT2D eigenvalue weighted by Crippen LogP contribution is 2.40. The molecule has 1 aromatic heterocycles. The molecule has 0 spiro atoms. The number of anilines is 1. The second-order valence-corrected chi connectivity index (χ2v) is 11.3. The van der Waals surface area contributed by atoms with E-state index < -0.39 is 39.4 Å². The molecule has 5 rings (SSSR count). The maximum atomic E-state index is 13.9. The quantitative estimate of drug-likeness (QED) is 0.295. The van der Waals surface area contributed by atoms with Crippen LogP contribution >= 0.6 is 0 Å². The Labute approximate surface area is 222 Å². The van der Waals surface area contributed by atoms with Crippen molar-refractivity contribution in [1.29, 1.82) is 0 Å². The summed E-state index contributed by atoms with van der Waals surface area (Å²) in [6, 6.07) is 13.1. The van der Waals surface area contributed by atoms with Crippen molar-refractivity contribution in [2.75, 3.05) is 11.0 Å². The summed E-state index contributed by atoms with van der Waals surface area (Å²) in [7, 11) is -3.63. The van der Waals surface area contributed by atoms with Crippen molar-refractivity contribution in [2.24, 2.45) is 0 Å². The van der Waals surface area contributed by atoms with Crippen LogP contribution in [0.2, 0.25) is 0 Å². The normalized spacial score (nSPS) is 14.2. The SMILES string of the molecule is CS(=O)(=O)Nc1ccc2c(=O)n(-c3ccc(C4CC4)cc3)c([C@H](Cc3cc(F)cc(F)c3)NC(=O)O)nc2c1. The van der Waals surface area contributed by atoms with E-state index in [2.05, 4.69) is 15.0 Å². The first kappa shape index (κ1) is 26.3. The second kappa shape index (κ2) is 10.1. The molecule has 39 heavy (non-hydrogen) atoms. The molecule has 1 aliphatic rings. The third kappa shape index (κ3) is 6.06. The molecule has 0 aliphatic heterocycles. The fourth-order valence-corrected chi connectivity index (χ4v) is 5.15. The van der Waals surface area contributed by atoms with Gasteiger partial charge >= 0.3 is 6.09 Å². The number of nitrogens with zero attached hydrogens (tertiary/aromatic N) is 2. The van der Waals surface area contributed by atoms with Crippen molar-refractivity contribution in [1.82, 2.24) is 14.9 Å². The van der Waals surface area contributed by atoms with E-state index in [1.165, 1.54) is 22.8 Å². The molecule has 0 unspecified atom stereocenters. The molecule has 0 radical (unpaired) electrons. The van der Waals surface area contributed by atoms with E-state index in [9.17, 15) is 31.9 Å². The van der Waals surface area contributed by atoms with Gasteiger partial charge in [0.05, 0.1) is 34.6 Å². The number of nitrogens with one attached hydrogen (secondary N) is 2. The van der Waals surface area contributed by atoms with E-state index >= 15 is 0 Å². The van der Waals surface area contributed by atoms with Gasteiger partial charge < -0.3 is 10.4 Å². The second-order valence-electron chi connectivity index (χ2n) is 9.57. The number of amides is 1. The van der Waals surface area contributed by atoms with Gasteiger partial charge in [-0.25, -0.2) is 27.0 Å².